The summed E-state index contributed by atoms with van der Waals surface area (Å²) >= 11 is 0. The van der Waals surface area contributed by atoms with E-state index in [1.54, 1.807) is 11.8 Å². The highest BCUT2D eigenvalue weighted by atomic mass is 35.5. The smallest absolute Gasteiger partial charge is 0.239 e. The second-order valence-corrected chi connectivity index (χ2v) is 5.76. The molecule has 1 atom stereocenters. The molecule has 0 aromatic rings. The number of nitrogens with zero attached hydrogens (tertiary/aromatic N) is 2. The minimum absolute atomic E-state index is 0. The van der Waals surface area contributed by atoms with Crippen LogP contribution in [-0.4, -0.2) is 62.0 Å². The Labute approximate surface area is 102 Å². The third-order valence-electron chi connectivity index (χ3n) is 2.41. The molecule has 2 N–H and O–H groups in total. The largest absolute Gasteiger partial charge is 0.339 e. The van der Waals surface area contributed by atoms with Crippen LogP contribution in [0.25, 0.3) is 0 Å². The Kier molecular flexibility index (Phi) is 5.67. The Balaban J connectivity index is 0.00000225. The van der Waals surface area contributed by atoms with Gasteiger partial charge in [0.25, 0.3) is 0 Å². The Morgan fingerprint density at radius 2 is 1.69 bits per heavy atom. The summed E-state index contributed by atoms with van der Waals surface area (Å²) in [6, 6.07) is -0.519. The van der Waals surface area contributed by atoms with Gasteiger partial charge in [-0.1, -0.05) is 0 Å². The molecule has 16 heavy (non-hydrogen) atoms. The zero-order valence-corrected chi connectivity index (χ0v) is 11.1. The van der Waals surface area contributed by atoms with Crippen molar-refractivity contribution in [3.63, 3.8) is 0 Å². The maximum Gasteiger partial charge on any atom is 0.239 e. The SMILES string of the molecule is CC(N)C(=O)N1CCN(S(C)(=O)=O)CC1.Cl. The van der Waals surface area contributed by atoms with Gasteiger partial charge < -0.3 is 10.6 Å². The highest BCUT2D eigenvalue weighted by molar-refractivity contribution is 7.88. The minimum atomic E-state index is -3.13. The molecule has 1 amide bonds. The van der Waals surface area contributed by atoms with Crippen molar-refractivity contribution in [1.29, 1.82) is 0 Å². The predicted molar refractivity (Wildman–Crippen MR) is 63.9 cm³/mol. The van der Waals surface area contributed by atoms with Crippen LogP contribution in [0.5, 0.6) is 0 Å². The Hall–Kier alpha value is -0.370. The number of sulfonamides is 1. The Bertz CT molecular complexity index is 336. The first-order valence-corrected chi connectivity index (χ1v) is 6.66. The second-order valence-electron chi connectivity index (χ2n) is 3.78. The fourth-order valence-corrected chi connectivity index (χ4v) is 2.35. The van der Waals surface area contributed by atoms with Gasteiger partial charge in [-0.25, -0.2) is 8.42 Å². The summed E-state index contributed by atoms with van der Waals surface area (Å²) in [5.74, 6) is -0.122. The normalized spacial score (nSPS) is 20.1. The first-order valence-electron chi connectivity index (χ1n) is 4.82. The molecule has 0 aliphatic carbocycles. The molecule has 1 saturated heterocycles. The second kappa shape index (κ2) is 5.81. The van der Waals surface area contributed by atoms with E-state index in [9.17, 15) is 13.2 Å². The summed E-state index contributed by atoms with van der Waals surface area (Å²) in [5, 5.41) is 0. The van der Waals surface area contributed by atoms with Crippen LogP contribution < -0.4 is 5.73 Å². The van der Waals surface area contributed by atoms with E-state index in [2.05, 4.69) is 0 Å². The van der Waals surface area contributed by atoms with E-state index in [1.165, 1.54) is 10.6 Å². The summed E-state index contributed by atoms with van der Waals surface area (Å²) < 4.78 is 23.8. The van der Waals surface area contributed by atoms with Crippen LogP contribution in [0.3, 0.4) is 0 Å². The van der Waals surface area contributed by atoms with Gasteiger partial charge in [0.2, 0.25) is 15.9 Å². The van der Waals surface area contributed by atoms with Crippen LogP contribution in [0.4, 0.5) is 0 Å². The number of halogens is 1. The molecule has 0 radical (unpaired) electrons. The van der Waals surface area contributed by atoms with Crippen molar-refractivity contribution in [2.75, 3.05) is 32.4 Å². The van der Waals surface area contributed by atoms with Crippen molar-refractivity contribution in [1.82, 2.24) is 9.21 Å². The third-order valence-corrected chi connectivity index (χ3v) is 3.71. The predicted octanol–water partition coefficient (Wildman–Crippen LogP) is -1.14. The first kappa shape index (κ1) is 15.6. The van der Waals surface area contributed by atoms with Crippen molar-refractivity contribution in [2.24, 2.45) is 5.73 Å². The molecule has 1 aliphatic heterocycles. The molecular weight excluding hydrogens is 254 g/mol. The van der Waals surface area contributed by atoms with Crippen molar-refractivity contribution in [3.05, 3.63) is 0 Å². The molecule has 96 valence electrons. The average molecular weight is 272 g/mol. The molecule has 1 heterocycles. The molecule has 0 aromatic carbocycles. The molecule has 6 nitrogen and oxygen atoms in total. The number of nitrogens with two attached hydrogens (primary N) is 1. The molecule has 1 aliphatic rings. The van der Waals surface area contributed by atoms with E-state index in [0.29, 0.717) is 26.2 Å². The lowest BCUT2D eigenvalue weighted by Crippen LogP contribution is -2.53. The van der Waals surface area contributed by atoms with Gasteiger partial charge in [0, 0.05) is 26.2 Å². The van der Waals surface area contributed by atoms with E-state index in [0.717, 1.165) is 0 Å². The summed E-state index contributed by atoms with van der Waals surface area (Å²) in [4.78, 5) is 13.1. The van der Waals surface area contributed by atoms with Crippen molar-refractivity contribution in [3.8, 4) is 0 Å². The molecule has 1 rings (SSSR count). The van der Waals surface area contributed by atoms with Crippen LogP contribution in [0.1, 0.15) is 6.92 Å². The number of hydrogen-bond donors (Lipinski definition) is 1. The fourth-order valence-electron chi connectivity index (χ4n) is 1.53. The Morgan fingerprint density at radius 3 is 2.00 bits per heavy atom. The number of rotatable bonds is 2. The van der Waals surface area contributed by atoms with E-state index in [4.69, 9.17) is 5.73 Å². The van der Waals surface area contributed by atoms with Crippen LogP contribution in [0.2, 0.25) is 0 Å². The molecule has 1 unspecified atom stereocenters. The van der Waals surface area contributed by atoms with Gasteiger partial charge in [-0.2, -0.15) is 4.31 Å². The maximum absolute atomic E-state index is 11.5. The molecule has 1 fully saturated rings. The quantitative estimate of drug-likeness (QED) is 0.688. The van der Waals surface area contributed by atoms with E-state index in [1.807, 2.05) is 0 Å². The fraction of sp³-hybridized carbons (Fsp3) is 0.875. The topological polar surface area (TPSA) is 83.7 Å². The van der Waals surface area contributed by atoms with Crippen LogP contribution in [0.15, 0.2) is 0 Å². The molecule has 0 aromatic heterocycles. The van der Waals surface area contributed by atoms with Crippen molar-refractivity contribution in [2.45, 2.75) is 13.0 Å². The van der Waals surface area contributed by atoms with E-state index in [-0.39, 0.29) is 18.3 Å². The molecular formula is C8H18ClN3O3S. The van der Waals surface area contributed by atoms with Gasteiger partial charge in [-0.3, -0.25) is 4.79 Å². The monoisotopic (exact) mass is 271 g/mol. The highest BCUT2D eigenvalue weighted by Gasteiger charge is 2.26. The number of hydrogen-bond acceptors (Lipinski definition) is 4. The van der Waals surface area contributed by atoms with Crippen LogP contribution >= 0.6 is 12.4 Å². The van der Waals surface area contributed by atoms with Crippen molar-refractivity contribution >= 4 is 28.3 Å². The minimum Gasteiger partial charge on any atom is -0.339 e. The lowest BCUT2D eigenvalue weighted by Gasteiger charge is -2.34. The van der Waals surface area contributed by atoms with E-state index >= 15 is 0 Å². The zero-order valence-electron chi connectivity index (χ0n) is 9.42. The summed E-state index contributed by atoms with van der Waals surface area (Å²) in [6.45, 7) is 3.20. The van der Waals surface area contributed by atoms with Crippen LogP contribution in [0, 0.1) is 0 Å². The summed E-state index contributed by atoms with van der Waals surface area (Å²) in [7, 11) is -3.13. The summed E-state index contributed by atoms with van der Waals surface area (Å²) in [6.07, 6.45) is 1.18. The van der Waals surface area contributed by atoms with Crippen LogP contribution in [-0.2, 0) is 14.8 Å². The standard InChI is InChI=1S/C8H17N3O3S.ClH/c1-7(9)8(12)10-3-5-11(6-4-10)15(2,13)14;/h7H,3-6,9H2,1-2H3;1H. The maximum atomic E-state index is 11.5. The third kappa shape index (κ3) is 3.89. The number of carbonyl (C=O) groups is 1. The van der Waals surface area contributed by atoms with Gasteiger partial charge in [0.1, 0.15) is 0 Å². The first-order chi connectivity index (χ1) is 6.82. The molecule has 8 heteroatoms. The van der Waals surface area contributed by atoms with E-state index < -0.39 is 16.1 Å². The summed E-state index contributed by atoms with van der Waals surface area (Å²) in [5.41, 5.74) is 5.46. The van der Waals surface area contributed by atoms with Gasteiger partial charge >= 0.3 is 0 Å². The lowest BCUT2D eigenvalue weighted by molar-refractivity contribution is -0.133. The van der Waals surface area contributed by atoms with Gasteiger partial charge in [-0.05, 0) is 6.92 Å². The zero-order chi connectivity index (χ0) is 11.6. The molecule has 0 bridgehead atoms. The lowest BCUT2D eigenvalue weighted by atomic mass is 10.2. The number of piperazine rings is 1. The number of carbonyl (C=O) groups excluding carboxylic acids is 1. The van der Waals surface area contributed by atoms with Gasteiger partial charge in [-0.15, -0.1) is 12.4 Å². The highest BCUT2D eigenvalue weighted by Crippen LogP contribution is 2.06. The van der Waals surface area contributed by atoms with Gasteiger partial charge in [0.15, 0.2) is 0 Å². The molecule has 0 saturated carbocycles. The Morgan fingerprint density at radius 1 is 1.25 bits per heavy atom. The van der Waals surface area contributed by atoms with Gasteiger partial charge in [0.05, 0.1) is 12.3 Å². The molecule has 0 spiro atoms. The average Bonchev–Trinajstić information content (AvgIpc) is 2.15. The van der Waals surface area contributed by atoms with Crippen molar-refractivity contribution < 1.29 is 13.2 Å². The number of amides is 1.